The monoisotopic (exact) mass is 216 g/mol. The fourth-order valence-corrected chi connectivity index (χ4v) is 1.48. The first-order valence-corrected chi connectivity index (χ1v) is 5.53. The molecule has 1 atom stereocenters. The summed E-state index contributed by atoms with van der Waals surface area (Å²) in [4.78, 5) is 0. The first kappa shape index (κ1) is 12.7. The van der Waals surface area contributed by atoms with Gasteiger partial charge in [-0.1, -0.05) is 54.1 Å². The van der Waals surface area contributed by atoms with Gasteiger partial charge in [0.1, 0.15) is 5.60 Å². The first-order chi connectivity index (χ1) is 7.42. The zero-order chi connectivity index (χ0) is 12.2. The topological polar surface area (TPSA) is 20.2 Å². The molecule has 0 heterocycles. The standard InChI is InChI=1S/C15H20O/c1-12(2)6-5-11-15(4,16)14-9-7-13(3)8-10-14/h5,7-11,16H,1,6H2,2-4H3/b11-5+. The van der Waals surface area contributed by atoms with E-state index < -0.39 is 5.60 Å². The van der Waals surface area contributed by atoms with Gasteiger partial charge in [0, 0.05) is 0 Å². The van der Waals surface area contributed by atoms with E-state index >= 15 is 0 Å². The number of rotatable bonds is 4. The molecule has 1 aromatic carbocycles. The van der Waals surface area contributed by atoms with E-state index in [9.17, 15) is 5.11 Å². The Bertz CT molecular complexity index is 382. The first-order valence-electron chi connectivity index (χ1n) is 5.53. The molecule has 1 N–H and O–H groups in total. The maximum atomic E-state index is 10.3. The molecule has 0 radical (unpaired) electrons. The van der Waals surface area contributed by atoms with E-state index in [-0.39, 0.29) is 0 Å². The third-order valence-electron chi connectivity index (χ3n) is 2.54. The van der Waals surface area contributed by atoms with Crippen molar-refractivity contribution < 1.29 is 5.11 Å². The molecule has 0 spiro atoms. The summed E-state index contributed by atoms with van der Waals surface area (Å²) in [5.41, 5.74) is 2.31. The number of hydrogen-bond acceptors (Lipinski definition) is 1. The van der Waals surface area contributed by atoms with E-state index in [2.05, 4.69) is 6.58 Å². The van der Waals surface area contributed by atoms with Crippen molar-refractivity contribution in [1.82, 2.24) is 0 Å². The van der Waals surface area contributed by atoms with Crippen LogP contribution in [0.15, 0.2) is 48.6 Å². The summed E-state index contributed by atoms with van der Waals surface area (Å²) < 4.78 is 0. The molecule has 0 aliphatic rings. The SMILES string of the molecule is C=C(C)C/C=C/C(C)(O)c1ccc(C)cc1. The highest BCUT2D eigenvalue weighted by atomic mass is 16.3. The summed E-state index contributed by atoms with van der Waals surface area (Å²) in [7, 11) is 0. The second kappa shape index (κ2) is 5.13. The minimum absolute atomic E-state index is 0.808. The van der Waals surface area contributed by atoms with Gasteiger partial charge in [0.15, 0.2) is 0 Å². The van der Waals surface area contributed by atoms with Crippen molar-refractivity contribution >= 4 is 0 Å². The Morgan fingerprint density at radius 2 is 1.94 bits per heavy atom. The number of aliphatic hydroxyl groups is 1. The predicted octanol–water partition coefficient (Wildman–Crippen LogP) is 3.72. The molecule has 0 bridgehead atoms. The quantitative estimate of drug-likeness (QED) is 0.760. The molecule has 0 aromatic heterocycles. The molecule has 0 saturated heterocycles. The summed E-state index contributed by atoms with van der Waals surface area (Å²) in [5.74, 6) is 0. The Hall–Kier alpha value is -1.34. The molecule has 1 heteroatoms. The largest absolute Gasteiger partial charge is 0.381 e. The summed E-state index contributed by atoms with van der Waals surface area (Å²) in [6, 6.07) is 7.94. The van der Waals surface area contributed by atoms with Crippen LogP contribution in [0.4, 0.5) is 0 Å². The zero-order valence-electron chi connectivity index (χ0n) is 10.3. The van der Waals surface area contributed by atoms with Crippen LogP contribution < -0.4 is 0 Å². The summed E-state index contributed by atoms with van der Waals surface area (Å²) in [5, 5.41) is 10.3. The van der Waals surface area contributed by atoms with Gasteiger partial charge in [0.05, 0.1) is 0 Å². The molecular formula is C15H20O. The summed E-state index contributed by atoms with van der Waals surface area (Å²) >= 11 is 0. The van der Waals surface area contributed by atoms with E-state index in [1.165, 1.54) is 5.56 Å². The molecule has 0 saturated carbocycles. The minimum atomic E-state index is -0.900. The molecular weight excluding hydrogens is 196 g/mol. The van der Waals surface area contributed by atoms with Crippen LogP contribution in [0.5, 0.6) is 0 Å². The molecule has 86 valence electrons. The zero-order valence-corrected chi connectivity index (χ0v) is 10.3. The van der Waals surface area contributed by atoms with Crippen molar-refractivity contribution in [3.8, 4) is 0 Å². The molecule has 0 aliphatic heterocycles. The smallest absolute Gasteiger partial charge is 0.105 e. The Labute approximate surface area is 98.1 Å². The van der Waals surface area contributed by atoms with E-state index in [0.717, 1.165) is 17.6 Å². The van der Waals surface area contributed by atoms with Gasteiger partial charge in [-0.3, -0.25) is 0 Å². The lowest BCUT2D eigenvalue weighted by Gasteiger charge is -2.19. The molecule has 1 rings (SSSR count). The second-order valence-electron chi connectivity index (χ2n) is 4.58. The Kier molecular flexibility index (Phi) is 4.08. The number of hydrogen-bond donors (Lipinski definition) is 1. The second-order valence-corrected chi connectivity index (χ2v) is 4.58. The van der Waals surface area contributed by atoms with Crippen LogP contribution in [0.1, 0.15) is 31.4 Å². The number of benzene rings is 1. The normalized spacial score (nSPS) is 15.0. The minimum Gasteiger partial charge on any atom is -0.381 e. The number of allylic oxidation sites excluding steroid dienone is 2. The Balaban J connectivity index is 2.80. The summed E-state index contributed by atoms with van der Waals surface area (Å²) in [6.07, 6.45) is 4.59. The van der Waals surface area contributed by atoms with Crippen molar-refractivity contribution in [2.75, 3.05) is 0 Å². The maximum absolute atomic E-state index is 10.3. The van der Waals surface area contributed by atoms with Crippen molar-refractivity contribution in [1.29, 1.82) is 0 Å². The Morgan fingerprint density at radius 3 is 2.44 bits per heavy atom. The van der Waals surface area contributed by atoms with E-state index in [1.807, 2.05) is 50.3 Å². The third kappa shape index (κ3) is 3.67. The number of aryl methyl sites for hydroxylation is 1. The molecule has 1 aromatic rings. The van der Waals surface area contributed by atoms with Gasteiger partial charge >= 0.3 is 0 Å². The van der Waals surface area contributed by atoms with Crippen LogP contribution >= 0.6 is 0 Å². The van der Waals surface area contributed by atoms with Crippen LogP contribution in [0, 0.1) is 6.92 Å². The van der Waals surface area contributed by atoms with Crippen molar-refractivity contribution in [3.63, 3.8) is 0 Å². The van der Waals surface area contributed by atoms with Gasteiger partial charge in [0.2, 0.25) is 0 Å². The third-order valence-corrected chi connectivity index (χ3v) is 2.54. The lowest BCUT2D eigenvalue weighted by molar-refractivity contribution is 0.111. The highest BCUT2D eigenvalue weighted by Crippen LogP contribution is 2.22. The lowest BCUT2D eigenvalue weighted by Crippen LogP contribution is -2.17. The molecule has 1 nitrogen and oxygen atoms in total. The Morgan fingerprint density at radius 1 is 1.38 bits per heavy atom. The van der Waals surface area contributed by atoms with Crippen LogP contribution in [0.25, 0.3) is 0 Å². The molecule has 0 fully saturated rings. The van der Waals surface area contributed by atoms with Crippen LogP contribution in [-0.2, 0) is 5.60 Å². The van der Waals surface area contributed by atoms with E-state index in [0.29, 0.717) is 0 Å². The van der Waals surface area contributed by atoms with Gasteiger partial charge in [-0.15, -0.1) is 0 Å². The van der Waals surface area contributed by atoms with Crippen LogP contribution in [0.3, 0.4) is 0 Å². The highest BCUT2D eigenvalue weighted by Gasteiger charge is 2.18. The molecule has 1 unspecified atom stereocenters. The fraction of sp³-hybridized carbons (Fsp3) is 0.333. The van der Waals surface area contributed by atoms with Crippen molar-refractivity contribution in [2.24, 2.45) is 0 Å². The van der Waals surface area contributed by atoms with Gasteiger partial charge in [-0.05, 0) is 32.8 Å². The molecule has 0 aliphatic carbocycles. The summed E-state index contributed by atoms with van der Waals surface area (Å²) in [6.45, 7) is 9.64. The van der Waals surface area contributed by atoms with E-state index in [1.54, 1.807) is 6.92 Å². The van der Waals surface area contributed by atoms with E-state index in [4.69, 9.17) is 0 Å². The fourth-order valence-electron chi connectivity index (χ4n) is 1.48. The lowest BCUT2D eigenvalue weighted by atomic mass is 9.94. The average molecular weight is 216 g/mol. The van der Waals surface area contributed by atoms with Crippen LogP contribution in [-0.4, -0.2) is 5.11 Å². The van der Waals surface area contributed by atoms with Gasteiger partial charge in [-0.2, -0.15) is 0 Å². The van der Waals surface area contributed by atoms with Gasteiger partial charge < -0.3 is 5.11 Å². The van der Waals surface area contributed by atoms with Crippen molar-refractivity contribution in [3.05, 3.63) is 59.7 Å². The molecule has 0 amide bonds. The van der Waals surface area contributed by atoms with Crippen molar-refractivity contribution in [2.45, 2.75) is 32.8 Å². The maximum Gasteiger partial charge on any atom is 0.105 e. The van der Waals surface area contributed by atoms with Gasteiger partial charge in [0.25, 0.3) is 0 Å². The average Bonchev–Trinajstić information content (AvgIpc) is 2.17. The van der Waals surface area contributed by atoms with Crippen LogP contribution in [0.2, 0.25) is 0 Å². The predicted molar refractivity (Wildman–Crippen MR) is 69.3 cm³/mol. The van der Waals surface area contributed by atoms with Gasteiger partial charge in [-0.25, -0.2) is 0 Å². The molecule has 16 heavy (non-hydrogen) atoms. The highest BCUT2D eigenvalue weighted by molar-refractivity contribution is 5.29.